The van der Waals surface area contributed by atoms with Gasteiger partial charge in [0.05, 0.1) is 4.90 Å². The van der Waals surface area contributed by atoms with Gasteiger partial charge in [-0.25, -0.2) is 8.42 Å². The van der Waals surface area contributed by atoms with Crippen LogP contribution in [0.2, 0.25) is 0 Å². The molecule has 0 unspecified atom stereocenters. The summed E-state index contributed by atoms with van der Waals surface area (Å²) < 4.78 is 26.3. The van der Waals surface area contributed by atoms with E-state index >= 15 is 0 Å². The first-order valence-electron chi connectivity index (χ1n) is 8.84. The quantitative estimate of drug-likeness (QED) is 0.629. The zero-order valence-corrected chi connectivity index (χ0v) is 16.5. The second kappa shape index (κ2) is 10.3. The highest BCUT2D eigenvalue weighted by Gasteiger charge is 2.21. The highest BCUT2D eigenvalue weighted by molar-refractivity contribution is 7.89. The van der Waals surface area contributed by atoms with E-state index < -0.39 is 16.0 Å². The lowest BCUT2D eigenvalue weighted by molar-refractivity contribution is -0.144. The predicted octanol–water partition coefficient (Wildman–Crippen LogP) is 1.97. The summed E-state index contributed by atoms with van der Waals surface area (Å²) in [5, 5.41) is 8.88. The fourth-order valence-electron chi connectivity index (χ4n) is 2.68. The van der Waals surface area contributed by atoms with Crippen LogP contribution in [-0.4, -0.2) is 60.8 Å². The molecule has 0 heterocycles. The maximum absolute atomic E-state index is 12.4. The van der Waals surface area contributed by atoms with Crippen molar-refractivity contribution >= 4 is 21.9 Å². The van der Waals surface area contributed by atoms with Crippen molar-refractivity contribution in [3.8, 4) is 0 Å². The number of hydrogen-bond donors (Lipinski definition) is 1. The van der Waals surface area contributed by atoms with Crippen LogP contribution in [0, 0.1) is 0 Å². The monoisotopic (exact) mass is 384 g/mol. The van der Waals surface area contributed by atoms with Crippen LogP contribution in [0.5, 0.6) is 0 Å². The molecule has 0 aliphatic rings. The molecule has 0 spiro atoms. The maximum atomic E-state index is 12.4. The van der Waals surface area contributed by atoms with Crippen LogP contribution in [-0.2, 0) is 26.0 Å². The topological polar surface area (TPSA) is 95.0 Å². The minimum absolute atomic E-state index is 0.190. The van der Waals surface area contributed by atoms with Gasteiger partial charge in [-0.05, 0) is 30.5 Å². The molecule has 7 nitrogen and oxygen atoms in total. The van der Waals surface area contributed by atoms with Crippen molar-refractivity contribution in [1.29, 1.82) is 0 Å². The number of amides is 1. The molecule has 0 atom stereocenters. The first-order valence-corrected chi connectivity index (χ1v) is 10.3. The Kier molecular flexibility index (Phi) is 8.74. The summed E-state index contributed by atoms with van der Waals surface area (Å²) in [6.45, 7) is 6.40. The number of rotatable bonds is 11. The van der Waals surface area contributed by atoms with Crippen molar-refractivity contribution in [1.82, 2.24) is 9.21 Å². The standard InChI is InChI=1S/C18H28N2O5S/c1-4-13-19(14-18(22)23)17(21)12-9-15-7-10-16(11-8-15)26(24,25)20(5-2)6-3/h7-8,10-11H,4-6,9,12-14H2,1-3H3,(H,22,23). The molecule has 1 rings (SSSR count). The van der Waals surface area contributed by atoms with Gasteiger partial charge in [0.2, 0.25) is 15.9 Å². The zero-order valence-electron chi connectivity index (χ0n) is 15.6. The van der Waals surface area contributed by atoms with Crippen molar-refractivity contribution in [2.75, 3.05) is 26.2 Å². The molecule has 0 fully saturated rings. The van der Waals surface area contributed by atoms with E-state index in [9.17, 15) is 18.0 Å². The van der Waals surface area contributed by atoms with Gasteiger partial charge in [0.1, 0.15) is 6.54 Å². The molecular formula is C18H28N2O5S. The van der Waals surface area contributed by atoms with Crippen LogP contribution in [0.3, 0.4) is 0 Å². The normalized spacial score (nSPS) is 11.5. The Morgan fingerprint density at radius 3 is 2.08 bits per heavy atom. The van der Waals surface area contributed by atoms with Crippen LogP contribution < -0.4 is 0 Å². The average molecular weight is 384 g/mol. The molecule has 0 bridgehead atoms. The predicted molar refractivity (Wildman–Crippen MR) is 99.4 cm³/mol. The van der Waals surface area contributed by atoms with Crippen LogP contribution in [0.4, 0.5) is 0 Å². The Morgan fingerprint density at radius 2 is 1.62 bits per heavy atom. The highest BCUT2D eigenvalue weighted by atomic mass is 32.2. The fourth-order valence-corrected chi connectivity index (χ4v) is 4.13. The van der Waals surface area contributed by atoms with Crippen LogP contribution in [0.25, 0.3) is 0 Å². The summed E-state index contributed by atoms with van der Waals surface area (Å²) in [4.78, 5) is 24.6. The van der Waals surface area contributed by atoms with E-state index in [-0.39, 0.29) is 23.8 Å². The minimum atomic E-state index is -3.49. The molecule has 8 heteroatoms. The van der Waals surface area contributed by atoms with Gasteiger partial charge in [-0.1, -0.05) is 32.9 Å². The van der Waals surface area contributed by atoms with E-state index in [1.54, 1.807) is 38.1 Å². The van der Waals surface area contributed by atoms with E-state index in [2.05, 4.69) is 0 Å². The van der Waals surface area contributed by atoms with Crippen molar-refractivity contribution in [3.05, 3.63) is 29.8 Å². The molecule has 0 aliphatic carbocycles. The van der Waals surface area contributed by atoms with E-state index in [0.29, 0.717) is 32.5 Å². The second-order valence-corrected chi connectivity index (χ2v) is 7.88. The molecule has 1 aromatic rings. The van der Waals surface area contributed by atoms with Crippen LogP contribution >= 0.6 is 0 Å². The van der Waals surface area contributed by atoms with Gasteiger partial charge >= 0.3 is 5.97 Å². The largest absolute Gasteiger partial charge is 0.480 e. The van der Waals surface area contributed by atoms with E-state index in [1.165, 1.54) is 9.21 Å². The van der Waals surface area contributed by atoms with Crippen molar-refractivity contribution < 1.29 is 23.1 Å². The summed E-state index contributed by atoms with van der Waals surface area (Å²) >= 11 is 0. The molecule has 0 aliphatic heterocycles. The second-order valence-electron chi connectivity index (χ2n) is 5.94. The summed E-state index contributed by atoms with van der Waals surface area (Å²) in [5.41, 5.74) is 0.837. The van der Waals surface area contributed by atoms with Gasteiger partial charge in [-0.3, -0.25) is 9.59 Å². The number of nitrogens with zero attached hydrogens (tertiary/aromatic N) is 2. The molecular weight excluding hydrogens is 356 g/mol. The Labute approximate surface area is 155 Å². The molecule has 1 amide bonds. The van der Waals surface area contributed by atoms with Gasteiger partial charge in [-0.15, -0.1) is 0 Å². The lowest BCUT2D eigenvalue weighted by Gasteiger charge is -2.20. The summed E-state index contributed by atoms with van der Waals surface area (Å²) in [6.07, 6.45) is 1.32. The number of hydrogen-bond acceptors (Lipinski definition) is 4. The lowest BCUT2D eigenvalue weighted by atomic mass is 10.1. The van der Waals surface area contributed by atoms with Gasteiger partial charge < -0.3 is 10.0 Å². The fraction of sp³-hybridized carbons (Fsp3) is 0.556. The molecule has 0 saturated heterocycles. The number of aryl methyl sites for hydroxylation is 1. The number of benzene rings is 1. The average Bonchev–Trinajstić information content (AvgIpc) is 2.60. The first kappa shape index (κ1) is 22.1. The first-order chi connectivity index (χ1) is 12.3. The Hall–Kier alpha value is -1.93. The molecule has 26 heavy (non-hydrogen) atoms. The number of carboxylic acids is 1. The van der Waals surface area contributed by atoms with Gasteiger partial charge in [-0.2, -0.15) is 4.31 Å². The van der Waals surface area contributed by atoms with Crippen LogP contribution in [0.15, 0.2) is 29.2 Å². The number of carboxylic acid groups (broad SMARTS) is 1. The SMILES string of the molecule is CCCN(CC(=O)O)C(=O)CCc1ccc(S(=O)(=O)N(CC)CC)cc1. The third-order valence-electron chi connectivity index (χ3n) is 4.07. The van der Waals surface area contributed by atoms with Crippen molar-refractivity contribution in [3.63, 3.8) is 0 Å². The molecule has 0 saturated carbocycles. The molecule has 1 N–H and O–H groups in total. The molecule has 0 aromatic heterocycles. The minimum Gasteiger partial charge on any atom is -0.480 e. The third kappa shape index (κ3) is 6.10. The van der Waals surface area contributed by atoms with Crippen molar-refractivity contribution in [2.45, 2.75) is 44.9 Å². The number of carbonyl (C=O) groups is 2. The van der Waals surface area contributed by atoms with E-state index in [4.69, 9.17) is 5.11 Å². The number of sulfonamides is 1. The number of carbonyl (C=O) groups excluding carboxylic acids is 1. The summed E-state index contributed by atoms with van der Waals surface area (Å²) in [6, 6.07) is 6.50. The third-order valence-corrected chi connectivity index (χ3v) is 6.13. The van der Waals surface area contributed by atoms with Gasteiger partial charge in [0.25, 0.3) is 0 Å². The molecule has 0 radical (unpaired) electrons. The maximum Gasteiger partial charge on any atom is 0.323 e. The van der Waals surface area contributed by atoms with E-state index in [0.717, 1.165) is 5.56 Å². The molecule has 146 valence electrons. The number of aliphatic carboxylic acids is 1. The van der Waals surface area contributed by atoms with Crippen LogP contribution in [0.1, 0.15) is 39.2 Å². The Morgan fingerprint density at radius 1 is 1.04 bits per heavy atom. The lowest BCUT2D eigenvalue weighted by Crippen LogP contribution is -2.36. The van der Waals surface area contributed by atoms with E-state index in [1.807, 2.05) is 6.92 Å². The summed E-state index contributed by atoms with van der Waals surface area (Å²) in [7, 11) is -3.49. The van der Waals surface area contributed by atoms with Gasteiger partial charge in [0.15, 0.2) is 0 Å². The van der Waals surface area contributed by atoms with Crippen molar-refractivity contribution in [2.24, 2.45) is 0 Å². The Balaban J connectivity index is 2.75. The molecule has 1 aromatic carbocycles. The summed E-state index contributed by atoms with van der Waals surface area (Å²) in [5.74, 6) is -1.24. The van der Waals surface area contributed by atoms with Gasteiger partial charge in [0, 0.05) is 26.1 Å². The Bertz CT molecular complexity index is 697. The smallest absolute Gasteiger partial charge is 0.323 e. The zero-order chi connectivity index (χ0) is 19.7. The highest BCUT2D eigenvalue weighted by Crippen LogP contribution is 2.17.